The minimum absolute atomic E-state index is 0.00425. The van der Waals surface area contributed by atoms with Crippen LogP contribution < -0.4 is 14.2 Å². The lowest BCUT2D eigenvalue weighted by Crippen LogP contribution is -2.29. The highest BCUT2D eigenvalue weighted by atomic mass is 32.2. The van der Waals surface area contributed by atoms with E-state index in [-0.39, 0.29) is 33.8 Å². The maximum absolute atomic E-state index is 13.4. The predicted molar refractivity (Wildman–Crippen MR) is 171 cm³/mol. The van der Waals surface area contributed by atoms with Gasteiger partial charge in [-0.15, -0.1) is 0 Å². The van der Waals surface area contributed by atoms with E-state index in [1.807, 2.05) is 39.8 Å². The Balaban J connectivity index is 1.26. The first-order chi connectivity index (χ1) is 21.2. The van der Waals surface area contributed by atoms with Crippen molar-refractivity contribution in [3.8, 4) is 23.0 Å². The van der Waals surface area contributed by atoms with Gasteiger partial charge in [0.15, 0.2) is 0 Å². The summed E-state index contributed by atoms with van der Waals surface area (Å²) in [5, 5.41) is 0. The standard InChI is InChI=1S/C38H34O5S/c1-23(2)41-25-13-17-27(18-14-25)44(39,40)28-19-15-26(16-20-28)43-34-22-21-33(42-24(3)4)37-35-29-9-5-7-11-31(29)36(38(34)37)32-12-8-6-10-30(32)35/h5-24,35-36H,1-4H3. The summed E-state index contributed by atoms with van der Waals surface area (Å²) < 4.78 is 45.4. The van der Waals surface area contributed by atoms with Crippen molar-refractivity contribution in [3.63, 3.8) is 0 Å². The highest BCUT2D eigenvalue weighted by Crippen LogP contribution is 2.60. The Morgan fingerprint density at radius 3 is 1.36 bits per heavy atom. The van der Waals surface area contributed by atoms with Crippen molar-refractivity contribution in [1.82, 2.24) is 0 Å². The Bertz CT molecular complexity index is 1910. The summed E-state index contributed by atoms with van der Waals surface area (Å²) in [5.41, 5.74) is 7.40. The number of sulfone groups is 1. The van der Waals surface area contributed by atoms with E-state index < -0.39 is 9.84 Å². The fraction of sp³-hybridized carbons (Fsp3) is 0.211. The molecule has 6 heteroatoms. The topological polar surface area (TPSA) is 61.8 Å². The molecule has 5 aromatic rings. The summed E-state index contributed by atoms with van der Waals surface area (Å²) >= 11 is 0. The van der Waals surface area contributed by atoms with Gasteiger partial charge < -0.3 is 14.2 Å². The van der Waals surface area contributed by atoms with Crippen LogP contribution in [0.5, 0.6) is 23.0 Å². The zero-order valence-electron chi connectivity index (χ0n) is 25.2. The molecule has 0 fully saturated rings. The molecule has 3 aliphatic rings. The van der Waals surface area contributed by atoms with Crippen molar-refractivity contribution in [2.75, 3.05) is 0 Å². The van der Waals surface area contributed by atoms with Crippen LogP contribution in [-0.2, 0) is 9.84 Å². The number of hydrogen-bond donors (Lipinski definition) is 0. The van der Waals surface area contributed by atoms with E-state index in [1.54, 1.807) is 48.5 Å². The van der Waals surface area contributed by atoms with Crippen molar-refractivity contribution in [2.24, 2.45) is 0 Å². The first-order valence-corrected chi connectivity index (χ1v) is 16.5. The zero-order chi connectivity index (χ0) is 30.6. The molecule has 8 rings (SSSR count). The van der Waals surface area contributed by atoms with Gasteiger partial charge in [0.1, 0.15) is 23.0 Å². The number of rotatable bonds is 8. The summed E-state index contributed by atoms with van der Waals surface area (Å²) in [6.45, 7) is 7.95. The fourth-order valence-corrected chi connectivity index (χ4v) is 7.85. The minimum atomic E-state index is -3.71. The Morgan fingerprint density at radius 1 is 0.500 bits per heavy atom. The molecule has 5 nitrogen and oxygen atoms in total. The molecule has 0 spiro atoms. The van der Waals surface area contributed by atoms with Crippen LogP contribution in [0.3, 0.4) is 0 Å². The average molecular weight is 603 g/mol. The van der Waals surface area contributed by atoms with Gasteiger partial charge in [-0.3, -0.25) is 0 Å². The maximum atomic E-state index is 13.4. The smallest absolute Gasteiger partial charge is 0.206 e. The van der Waals surface area contributed by atoms with Crippen LogP contribution in [0.15, 0.2) is 119 Å². The van der Waals surface area contributed by atoms with Gasteiger partial charge >= 0.3 is 0 Å². The Morgan fingerprint density at radius 2 is 0.909 bits per heavy atom. The van der Waals surface area contributed by atoms with Gasteiger partial charge in [0, 0.05) is 23.0 Å². The van der Waals surface area contributed by atoms with Crippen LogP contribution in [-0.4, -0.2) is 20.6 Å². The third-order valence-electron chi connectivity index (χ3n) is 8.25. The second kappa shape index (κ2) is 10.9. The van der Waals surface area contributed by atoms with Crippen molar-refractivity contribution in [3.05, 3.63) is 143 Å². The second-order valence-electron chi connectivity index (χ2n) is 11.9. The quantitative estimate of drug-likeness (QED) is 0.174. The van der Waals surface area contributed by atoms with Crippen LogP contribution in [0.25, 0.3) is 0 Å². The molecule has 5 aromatic carbocycles. The van der Waals surface area contributed by atoms with Gasteiger partial charge in [0.05, 0.1) is 22.0 Å². The van der Waals surface area contributed by atoms with Crippen LogP contribution in [0.2, 0.25) is 0 Å². The van der Waals surface area contributed by atoms with E-state index in [0.29, 0.717) is 11.5 Å². The Labute approximate surface area is 259 Å². The molecule has 0 heterocycles. The molecule has 222 valence electrons. The molecule has 0 saturated carbocycles. The molecule has 0 radical (unpaired) electrons. The molecule has 2 bridgehead atoms. The zero-order valence-corrected chi connectivity index (χ0v) is 26.0. The average Bonchev–Trinajstić information content (AvgIpc) is 3.02. The largest absolute Gasteiger partial charge is 0.491 e. The monoisotopic (exact) mass is 602 g/mol. The molecule has 0 aromatic heterocycles. The summed E-state index contributed by atoms with van der Waals surface area (Å²) in [6, 6.07) is 34.4. The first-order valence-electron chi connectivity index (χ1n) is 15.0. The van der Waals surface area contributed by atoms with E-state index in [1.165, 1.54) is 22.3 Å². The summed E-state index contributed by atoms with van der Waals surface area (Å²) in [6.07, 6.45) is 0.0273. The van der Waals surface area contributed by atoms with E-state index in [2.05, 4.69) is 48.5 Å². The van der Waals surface area contributed by atoms with Crippen molar-refractivity contribution in [2.45, 2.75) is 61.5 Å². The van der Waals surface area contributed by atoms with Gasteiger partial charge in [0.25, 0.3) is 0 Å². The summed E-state index contributed by atoms with van der Waals surface area (Å²) in [4.78, 5) is 0.414. The van der Waals surface area contributed by atoms with Crippen LogP contribution in [0.4, 0.5) is 0 Å². The first kappa shape index (κ1) is 28.2. The normalized spacial score (nSPS) is 16.3. The third kappa shape index (κ3) is 4.74. The van der Waals surface area contributed by atoms with E-state index >= 15 is 0 Å². The lowest BCUT2D eigenvalue weighted by atomic mass is 9.60. The molecule has 3 aliphatic carbocycles. The number of hydrogen-bond acceptors (Lipinski definition) is 5. The van der Waals surface area contributed by atoms with E-state index in [0.717, 1.165) is 22.6 Å². The lowest BCUT2D eigenvalue weighted by Gasteiger charge is -2.43. The maximum Gasteiger partial charge on any atom is 0.206 e. The van der Waals surface area contributed by atoms with E-state index in [4.69, 9.17) is 14.2 Å². The molecular formula is C38H34O5S. The third-order valence-corrected chi connectivity index (χ3v) is 10.0. The van der Waals surface area contributed by atoms with Gasteiger partial charge in [-0.05, 0) is 111 Å². The summed E-state index contributed by atoms with van der Waals surface area (Å²) in [7, 11) is -3.71. The molecule has 0 saturated heterocycles. The predicted octanol–water partition coefficient (Wildman–Crippen LogP) is 8.87. The van der Waals surface area contributed by atoms with Crippen LogP contribution in [0.1, 0.15) is 72.9 Å². The summed E-state index contributed by atoms with van der Waals surface area (Å²) in [5.74, 6) is 2.83. The van der Waals surface area contributed by atoms with Gasteiger partial charge in [-0.2, -0.15) is 0 Å². The van der Waals surface area contributed by atoms with Gasteiger partial charge in [-0.1, -0.05) is 48.5 Å². The molecular weight excluding hydrogens is 568 g/mol. The van der Waals surface area contributed by atoms with Crippen molar-refractivity contribution >= 4 is 9.84 Å². The highest BCUT2D eigenvalue weighted by molar-refractivity contribution is 7.91. The molecule has 44 heavy (non-hydrogen) atoms. The minimum Gasteiger partial charge on any atom is -0.491 e. The van der Waals surface area contributed by atoms with E-state index in [9.17, 15) is 8.42 Å². The van der Waals surface area contributed by atoms with Crippen molar-refractivity contribution in [1.29, 1.82) is 0 Å². The second-order valence-corrected chi connectivity index (χ2v) is 13.8. The number of ether oxygens (including phenoxy) is 3. The SMILES string of the molecule is CC(C)Oc1ccc(S(=O)(=O)c2ccc(Oc3ccc(OC(C)C)c4c3C3c5ccccc5C4c4ccccc43)cc2)cc1. The van der Waals surface area contributed by atoms with Crippen LogP contribution >= 0.6 is 0 Å². The Kier molecular flexibility index (Phi) is 6.97. The van der Waals surface area contributed by atoms with Gasteiger partial charge in [-0.25, -0.2) is 8.42 Å². The Hall–Kier alpha value is -4.55. The molecule has 0 unspecified atom stereocenters. The molecule has 0 aliphatic heterocycles. The molecule has 0 N–H and O–H groups in total. The fourth-order valence-electron chi connectivity index (χ4n) is 6.59. The van der Waals surface area contributed by atoms with Crippen LogP contribution in [0, 0.1) is 0 Å². The highest BCUT2D eigenvalue weighted by Gasteiger charge is 2.44. The van der Waals surface area contributed by atoms with Gasteiger partial charge in [0.2, 0.25) is 9.84 Å². The lowest BCUT2D eigenvalue weighted by molar-refractivity contribution is 0.238. The number of benzene rings is 5. The molecule has 0 atom stereocenters. The van der Waals surface area contributed by atoms with Crippen molar-refractivity contribution < 1.29 is 22.6 Å². The molecule has 0 amide bonds.